The lowest BCUT2D eigenvalue weighted by atomic mass is 9.81. The van der Waals surface area contributed by atoms with E-state index in [-0.39, 0.29) is 22.2 Å². The number of amides is 1. The molecule has 1 fully saturated rings. The lowest BCUT2D eigenvalue weighted by Gasteiger charge is -2.49. The molecule has 0 bridgehead atoms. The van der Waals surface area contributed by atoms with Crippen molar-refractivity contribution in [2.75, 3.05) is 18.8 Å². The van der Waals surface area contributed by atoms with Crippen LogP contribution in [0.3, 0.4) is 0 Å². The van der Waals surface area contributed by atoms with Crippen LogP contribution in [0, 0.1) is 0 Å². The normalized spacial score (nSPS) is 20.5. The number of carbonyl (C=O) groups is 1. The van der Waals surface area contributed by atoms with Gasteiger partial charge in [-0.15, -0.1) is 11.3 Å². The van der Waals surface area contributed by atoms with Gasteiger partial charge >= 0.3 is 0 Å². The average Bonchev–Trinajstić information content (AvgIpc) is 3.14. The van der Waals surface area contributed by atoms with Gasteiger partial charge in [-0.25, -0.2) is 8.42 Å². The number of sulfone groups is 1. The summed E-state index contributed by atoms with van der Waals surface area (Å²) in [7, 11) is -3.23. The second kappa shape index (κ2) is 7.95. The largest absolute Gasteiger partial charge is 0.365 e. The van der Waals surface area contributed by atoms with Crippen LogP contribution in [0.2, 0.25) is 0 Å². The summed E-state index contributed by atoms with van der Waals surface area (Å²) in [5.41, 5.74) is 6.88. The number of thiophene rings is 1. The van der Waals surface area contributed by atoms with E-state index in [9.17, 15) is 13.2 Å². The minimum absolute atomic E-state index is 0.0702. The topological polar surface area (TPSA) is 103 Å². The zero-order chi connectivity index (χ0) is 22.4. The number of nitrogens with two attached hydrogens (primary N) is 1. The summed E-state index contributed by atoms with van der Waals surface area (Å²) in [6.45, 7) is 8.15. The van der Waals surface area contributed by atoms with E-state index in [0.29, 0.717) is 11.4 Å². The van der Waals surface area contributed by atoms with Crippen molar-refractivity contribution in [3.63, 3.8) is 0 Å². The number of hydrogen-bond acceptors (Lipinski definition) is 7. The maximum Gasteiger partial charge on any atom is 0.258 e. The predicted molar refractivity (Wildman–Crippen MR) is 120 cm³/mol. The number of hydrogen-bond donors (Lipinski definition) is 1. The van der Waals surface area contributed by atoms with E-state index >= 15 is 0 Å². The molecule has 2 aromatic rings. The molecule has 2 aliphatic rings. The Morgan fingerprint density at radius 1 is 1.29 bits per heavy atom. The van der Waals surface area contributed by atoms with Crippen LogP contribution in [0.1, 0.15) is 59.4 Å². The number of piperidine rings is 1. The Bertz CT molecular complexity index is 1080. The van der Waals surface area contributed by atoms with Crippen LogP contribution >= 0.6 is 11.3 Å². The predicted octanol–water partition coefficient (Wildman–Crippen LogP) is 2.88. The lowest BCUT2D eigenvalue weighted by Crippen LogP contribution is -2.51. The van der Waals surface area contributed by atoms with Gasteiger partial charge in [-0.05, 0) is 50.5 Å². The van der Waals surface area contributed by atoms with Crippen molar-refractivity contribution < 1.29 is 17.9 Å². The minimum atomic E-state index is -3.23. The first kappa shape index (κ1) is 22.4. The summed E-state index contributed by atoms with van der Waals surface area (Å²) in [5.74, 6) is -0.315. The van der Waals surface area contributed by atoms with E-state index < -0.39 is 15.4 Å². The van der Waals surface area contributed by atoms with Gasteiger partial charge in [0.25, 0.3) is 5.91 Å². The molecule has 4 heterocycles. The highest BCUT2D eigenvalue weighted by molar-refractivity contribution is 7.91. The van der Waals surface area contributed by atoms with Gasteiger partial charge in [-0.1, -0.05) is 6.92 Å². The van der Waals surface area contributed by atoms with Crippen molar-refractivity contribution in [1.82, 2.24) is 9.88 Å². The molecule has 4 rings (SSSR count). The Morgan fingerprint density at radius 2 is 2.00 bits per heavy atom. The standard InChI is InChI=1S/C22H29N3O4S2/c1-4-31(27,28)17-6-5-16(24-13-17)14-25-9-7-22(8-10-25)19-15(12-21(2,3)29-22)11-18(30-19)20(23)26/h5-6,11,13H,4,7-10,12,14H2,1-3H3,(H2,23,26). The van der Waals surface area contributed by atoms with Crippen molar-refractivity contribution in [3.05, 3.63) is 45.4 Å². The third-order valence-electron chi connectivity index (χ3n) is 6.14. The smallest absolute Gasteiger partial charge is 0.258 e. The molecule has 0 aliphatic carbocycles. The maximum absolute atomic E-state index is 12.0. The van der Waals surface area contributed by atoms with Crippen molar-refractivity contribution in [2.24, 2.45) is 5.73 Å². The molecule has 31 heavy (non-hydrogen) atoms. The number of rotatable bonds is 5. The van der Waals surface area contributed by atoms with Gasteiger partial charge in [0.1, 0.15) is 5.60 Å². The van der Waals surface area contributed by atoms with Crippen LogP contribution < -0.4 is 5.73 Å². The molecule has 2 aliphatic heterocycles. The number of aromatic nitrogens is 1. The van der Waals surface area contributed by atoms with Gasteiger partial charge in [0.2, 0.25) is 0 Å². The molecule has 7 nitrogen and oxygen atoms in total. The third kappa shape index (κ3) is 4.41. The van der Waals surface area contributed by atoms with Crippen LogP contribution in [-0.4, -0.2) is 48.7 Å². The summed E-state index contributed by atoms with van der Waals surface area (Å²) in [5, 5.41) is 0. The number of ether oxygens (including phenoxy) is 1. The molecule has 0 saturated carbocycles. The van der Waals surface area contributed by atoms with Gasteiger partial charge in [-0.3, -0.25) is 14.7 Å². The number of fused-ring (bicyclic) bond motifs is 2. The van der Waals surface area contributed by atoms with Crippen LogP contribution in [0.25, 0.3) is 0 Å². The van der Waals surface area contributed by atoms with Crippen LogP contribution in [0.5, 0.6) is 0 Å². The van der Waals surface area contributed by atoms with Crippen molar-refractivity contribution in [3.8, 4) is 0 Å². The fourth-order valence-corrected chi connectivity index (χ4v) is 6.66. The van der Waals surface area contributed by atoms with Gasteiger partial charge in [0.15, 0.2) is 9.84 Å². The molecular weight excluding hydrogens is 434 g/mol. The molecule has 1 spiro atoms. The monoisotopic (exact) mass is 463 g/mol. The second-order valence-corrected chi connectivity index (χ2v) is 12.4. The Hall–Kier alpha value is -1.81. The molecule has 0 unspecified atom stereocenters. The number of pyridine rings is 1. The maximum atomic E-state index is 12.0. The first-order valence-electron chi connectivity index (χ1n) is 10.6. The summed E-state index contributed by atoms with van der Waals surface area (Å²) < 4.78 is 30.6. The molecular formula is C22H29N3O4S2. The van der Waals surface area contributed by atoms with Crippen molar-refractivity contribution in [1.29, 1.82) is 0 Å². The Morgan fingerprint density at radius 3 is 2.58 bits per heavy atom. The molecule has 2 N–H and O–H groups in total. The SMILES string of the molecule is CCS(=O)(=O)c1ccc(CN2CCC3(CC2)OC(C)(C)Cc2cc(C(N)=O)sc23)nc1. The van der Waals surface area contributed by atoms with E-state index in [4.69, 9.17) is 10.5 Å². The molecule has 168 valence electrons. The molecule has 2 aromatic heterocycles. The van der Waals surface area contributed by atoms with Gasteiger partial charge in [0, 0.05) is 37.1 Å². The van der Waals surface area contributed by atoms with Gasteiger partial charge in [-0.2, -0.15) is 0 Å². The Balaban J connectivity index is 1.49. The molecule has 0 radical (unpaired) electrons. The molecule has 0 aromatic carbocycles. The highest BCUT2D eigenvalue weighted by Gasteiger charge is 2.47. The lowest BCUT2D eigenvalue weighted by molar-refractivity contribution is -0.177. The first-order valence-corrected chi connectivity index (χ1v) is 13.0. The van der Waals surface area contributed by atoms with Gasteiger partial charge < -0.3 is 10.5 Å². The van der Waals surface area contributed by atoms with Crippen LogP contribution in [-0.2, 0) is 33.1 Å². The molecule has 9 heteroatoms. The fourth-order valence-electron chi connectivity index (χ4n) is 4.62. The van der Waals surface area contributed by atoms with E-state index in [1.165, 1.54) is 23.1 Å². The Labute approximate surface area is 187 Å². The number of primary amides is 1. The number of likely N-dealkylation sites (tertiary alicyclic amines) is 1. The van der Waals surface area contributed by atoms with Gasteiger partial charge in [0.05, 0.1) is 26.8 Å². The quantitative estimate of drug-likeness (QED) is 0.731. The summed E-state index contributed by atoms with van der Waals surface area (Å²) in [6.07, 6.45) is 3.87. The Kier molecular flexibility index (Phi) is 5.74. The average molecular weight is 464 g/mol. The molecule has 1 saturated heterocycles. The first-order chi connectivity index (χ1) is 14.5. The van der Waals surface area contributed by atoms with Crippen LogP contribution in [0.15, 0.2) is 29.3 Å². The second-order valence-electron chi connectivity index (χ2n) is 9.03. The summed E-state index contributed by atoms with van der Waals surface area (Å²) >= 11 is 1.47. The van der Waals surface area contributed by atoms with Crippen LogP contribution in [0.4, 0.5) is 0 Å². The zero-order valence-corrected chi connectivity index (χ0v) is 19.8. The third-order valence-corrected chi connectivity index (χ3v) is 9.24. The highest BCUT2D eigenvalue weighted by Crippen LogP contribution is 2.49. The summed E-state index contributed by atoms with van der Waals surface area (Å²) in [4.78, 5) is 20.4. The number of carbonyl (C=O) groups excluding carboxylic acids is 1. The van der Waals surface area contributed by atoms with Crippen molar-refractivity contribution >= 4 is 27.1 Å². The van der Waals surface area contributed by atoms with Crippen molar-refractivity contribution in [2.45, 2.75) is 62.7 Å². The molecule has 1 amide bonds. The van der Waals surface area contributed by atoms with E-state index in [1.54, 1.807) is 19.1 Å². The van der Waals surface area contributed by atoms with E-state index in [2.05, 4.69) is 23.7 Å². The number of nitrogens with zero attached hydrogens (tertiary/aromatic N) is 2. The minimum Gasteiger partial charge on any atom is -0.365 e. The van der Waals surface area contributed by atoms with E-state index in [0.717, 1.165) is 42.9 Å². The fraction of sp³-hybridized carbons (Fsp3) is 0.545. The molecule has 0 atom stereocenters. The van der Waals surface area contributed by atoms with E-state index in [1.807, 2.05) is 6.07 Å². The summed E-state index contributed by atoms with van der Waals surface area (Å²) in [6, 6.07) is 5.38. The zero-order valence-electron chi connectivity index (χ0n) is 18.2. The highest BCUT2D eigenvalue weighted by atomic mass is 32.2.